The number of aliphatic hydroxyl groups excluding tert-OH is 1. The highest BCUT2D eigenvalue weighted by Crippen LogP contribution is 2.08. The molecule has 0 radical (unpaired) electrons. The molecular weight excluding hydrogens is 212 g/mol. The third-order valence-corrected chi connectivity index (χ3v) is 2.65. The minimum absolute atomic E-state index is 0.0403. The third kappa shape index (κ3) is 2.56. The molecule has 0 bridgehead atoms. The van der Waals surface area contributed by atoms with Gasteiger partial charge in [-0.2, -0.15) is 0 Å². The first-order valence-corrected chi connectivity index (χ1v) is 5.19. The summed E-state index contributed by atoms with van der Waals surface area (Å²) in [7, 11) is 0. The molecule has 0 spiro atoms. The van der Waals surface area contributed by atoms with Crippen molar-refractivity contribution in [1.82, 2.24) is 19.9 Å². The summed E-state index contributed by atoms with van der Waals surface area (Å²) in [6, 6.07) is 0. The number of likely N-dealkylation sites (tertiary alicyclic amines) is 1. The third-order valence-electron chi connectivity index (χ3n) is 2.65. The number of aliphatic hydroxyl groups is 1. The topological polar surface area (TPSA) is 91.5 Å². The average molecular weight is 226 g/mol. The second kappa shape index (κ2) is 4.58. The van der Waals surface area contributed by atoms with E-state index in [1.165, 1.54) is 10.9 Å². The molecule has 1 saturated heterocycles. The van der Waals surface area contributed by atoms with E-state index in [4.69, 9.17) is 5.11 Å². The maximum atomic E-state index is 10.6. The van der Waals surface area contributed by atoms with Crippen LogP contribution in [0.4, 0.5) is 0 Å². The lowest BCUT2D eigenvalue weighted by Gasteiger charge is -2.13. The van der Waals surface area contributed by atoms with Crippen LogP contribution < -0.4 is 0 Å². The van der Waals surface area contributed by atoms with Crippen molar-refractivity contribution in [3.63, 3.8) is 0 Å². The van der Waals surface area contributed by atoms with E-state index in [1.54, 1.807) is 0 Å². The summed E-state index contributed by atoms with van der Waals surface area (Å²) in [4.78, 5) is 12.7. The molecule has 1 aromatic rings. The van der Waals surface area contributed by atoms with Crippen molar-refractivity contribution >= 4 is 5.97 Å². The summed E-state index contributed by atoms with van der Waals surface area (Å²) >= 11 is 0. The monoisotopic (exact) mass is 226 g/mol. The first-order chi connectivity index (χ1) is 7.65. The Morgan fingerprint density at radius 1 is 1.56 bits per heavy atom. The molecule has 0 aromatic carbocycles. The minimum Gasteiger partial charge on any atom is -0.476 e. The van der Waals surface area contributed by atoms with E-state index in [1.807, 2.05) is 0 Å². The van der Waals surface area contributed by atoms with Gasteiger partial charge in [-0.25, -0.2) is 4.79 Å². The van der Waals surface area contributed by atoms with Crippen molar-refractivity contribution < 1.29 is 15.0 Å². The highest BCUT2D eigenvalue weighted by atomic mass is 16.4. The zero-order valence-electron chi connectivity index (χ0n) is 8.78. The lowest BCUT2D eigenvalue weighted by molar-refractivity contribution is 0.0690. The van der Waals surface area contributed by atoms with Crippen molar-refractivity contribution in [2.24, 2.45) is 0 Å². The Hall–Kier alpha value is -1.47. The predicted octanol–water partition coefficient (Wildman–Crippen LogP) is -0.957. The van der Waals surface area contributed by atoms with Gasteiger partial charge >= 0.3 is 5.97 Å². The fourth-order valence-corrected chi connectivity index (χ4v) is 1.76. The van der Waals surface area contributed by atoms with Gasteiger partial charge in [0.1, 0.15) is 0 Å². The molecule has 1 aromatic heterocycles. The van der Waals surface area contributed by atoms with Gasteiger partial charge in [0.2, 0.25) is 0 Å². The first kappa shape index (κ1) is 11.0. The van der Waals surface area contributed by atoms with Crippen LogP contribution in [0.3, 0.4) is 0 Å². The van der Waals surface area contributed by atoms with E-state index in [-0.39, 0.29) is 11.8 Å². The van der Waals surface area contributed by atoms with Crippen LogP contribution in [-0.2, 0) is 6.54 Å². The summed E-state index contributed by atoms with van der Waals surface area (Å²) in [5, 5.41) is 25.2. The molecule has 0 amide bonds. The Morgan fingerprint density at radius 2 is 2.38 bits per heavy atom. The molecule has 88 valence electrons. The van der Waals surface area contributed by atoms with E-state index in [0.717, 1.165) is 19.5 Å². The maximum absolute atomic E-state index is 10.6. The Balaban J connectivity index is 1.83. The molecule has 1 aliphatic rings. The minimum atomic E-state index is -1.07. The van der Waals surface area contributed by atoms with E-state index in [2.05, 4.69) is 15.2 Å². The number of rotatable bonds is 4. The van der Waals surface area contributed by atoms with Crippen molar-refractivity contribution in [2.45, 2.75) is 19.1 Å². The van der Waals surface area contributed by atoms with Crippen molar-refractivity contribution in [2.75, 3.05) is 19.6 Å². The highest BCUT2D eigenvalue weighted by Gasteiger charge is 2.19. The number of β-amino-alcohol motifs (C(OH)–C–C–N with tert-alkyl or cyclic N) is 1. The predicted molar refractivity (Wildman–Crippen MR) is 54.0 cm³/mol. The number of nitrogens with zero attached hydrogens (tertiary/aromatic N) is 4. The Bertz CT molecular complexity index is 379. The van der Waals surface area contributed by atoms with Gasteiger partial charge in [0, 0.05) is 19.6 Å². The van der Waals surface area contributed by atoms with E-state index < -0.39 is 5.97 Å². The van der Waals surface area contributed by atoms with Gasteiger partial charge in [0.15, 0.2) is 5.69 Å². The van der Waals surface area contributed by atoms with Crippen molar-refractivity contribution in [3.8, 4) is 0 Å². The summed E-state index contributed by atoms with van der Waals surface area (Å²) in [5.41, 5.74) is -0.0403. The largest absolute Gasteiger partial charge is 0.476 e. The Labute approximate surface area is 92.3 Å². The maximum Gasteiger partial charge on any atom is 0.358 e. The van der Waals surface area contributed by atoms with Crippen LogP contribution in [0.1, 0.15) is 16.9 Å². The Morgan fingerprint density at radius 3 is 2.94 bits per heavy atom. The van der Waals surface area contributed by atoms with Crippen LogP contribution in [0, 0.1) is 0 Å². The normalized spacial score (nSPS) is 21.4. The number of aromatic carboxylic acids is 1. The van der Waals surface area contributed by atoms with Crippen molar-refractivity contribution in [1.29, 1.82) is 0 Å². The van der Waals surface area contributed by atoms with Gasteiger partial charge in [0.25, 0.3) is 0 Å². The van der Waals surface area contributed by atoms with Crippen LogP contribution in [0.15, 0.2) is 6.20 Å². The fraction of sp³-hybridized carbons (Fsp3) is 0.667. The quantitative estimate of drug-likeness (QED) is 0.687. The molecule has 2 heterocycles. The SMILES string of the molecule is O=C(O)c1cn(CCN2CCC(O)C2)nn1. The zero-order valence-corrected chi connectivity index (χ0v) is 8.78. The molecule has 7 nitrogen and oxygen atoms in total. The zero-order chi connectivity index (χ0) is 11.5. The van der Waals surface area contributed by atoms with Crippen LogP contribution in [0.25, 0.3) is 0 Å². The summed E-state index contributed by atoms with van der Waals surface area (Å²) in [6.45, 7) is 2.90. The molecule has 1 unspecified atom stereocenters. The second-order valence-corrected chi connectivity index (χ2v) is 3.92. The molecule has 2 N–H and O–H groups in total. The molecule has 16 heavy (non-hydrogen) atoms. The number of hydrogen-bond acceptors (Lipinski definition) is 5. The number of aromatic nitrogens is 3. The van der Waals surface area contributed by atoms with Crippen LogP contribution in [-0.4, -0.2) is 61.8 Å². The number of carboxylic acids is 1. The lowest BCUT2D eigenvalue weighted by Crippen LogP contribution is -2.26. The average Bonchev–Trinajstić information content (AvgIpc) is 2.83. The highest BCUT2D eigenvalue weighted by molar-refractivity contribution is 5.84. The van der Waals surface area contributed by atoms with Gasteiger partial charge in [-0.15, -0.1) is 5.10 Å². The van der Waals surface area contributed by atoms with Crippen LogP contribution in [0.2, 0.25) is 0 Å². The van der Waals surface area contributed by atoms with Gasteiger partial charge < -0.3 is 10.2 Å². The molecule has 0 saturated carbocycles. The molecule has 1 aliphatic heterocycles. The fourth-order valence-electron chi connectivity index (χ4n) is 1.76. The molecule has 2 rings (SSSR count). The number of carboxylic acid groups (broad SMARTS) is 1. The number of carbonyl (C=O) groups is 1. The van der Waals surface area contributed by atoms with E-state index >= 15 is 0 Å². The molecular formula is C9H14N4O3. The van der Waals surface area contributed by atoms with Crippen LogP contribution >= 0.6 is 0 Å². The Kier molecular flexibility index (Phi) is 3.16. The summed E-state index contributed by atoms with van der Waals surface area (Å²) < 4.78 is 1.51. The van der Waals surface area contributed by atoms with Crippen LogP contribution in [0.5, 0.6) is 0 Å². The smallest absolute Gasteiger partial charge is 0.358 e. The molecule has 1 atom stereocenters. The second-order valence-electron chi connectivity index (χ2n) is 3.92. The number of hydrogen-bond donors (Lipinski definition) is 2. The van der Waals surface area contributed by atoms with Crippen molar-refractivity contribution in [3.05, 3.63) is 11.9 Å². The van der Waals surface area contributed by atoms with Gasteiger partial charge in [-0.1, -0.05) is 5.21 Å². The molecule has 1 fully saturated rings. The molecule has 7 heteroatoms. The summed E-state index contributed by atoms with van der Waals surface area (Å²) in [5.74, 6) is -1.07. The van der Waals surface area contributed by atoms with Gasteiger partial charge in [-0.05, 0) is 6.42 Å². The lowest BCUT2D eigenvalue weighted by atomic mass is 10.3. The van der Waals surface area contributed by atoms with E-state index in [0.29, 0.717) is 13.1 Å². The summed E-state index contributed by atoms with van der Waals surface area (Å²) in [6.07, 6.45) is 1.98. The van der Waals surface area contributed by atoms with E-state index in [9.17, 15) is 9.90 Å². The first-order valence-electron chi connectivity index (χ1n) is 5.19. The van der Waals surface area contributed by atoms with Gasteiger partial charge in [0.05, 0.1) is 18.8 Å². The molecule has 0 aliphatic carbocycles. The standard InChI is InChI=1S/C9H14N4O3/c14-7-1-2-12(5-7)3-4-13-6-8(9(15)16)10-11-13/h6-7,14H,1-5H2,(H,15,16). The van der Waals surface area contributed by atoms with Gasteiger partial charge in [-0.3, -0.25) is 9.58 Å².